The number of aliphatic carboxylic acids is 2. The fourth-order valence-corrected chi connectivity index (χ4v) is 3.51. The lowest BCUT2D eigenvalue weighted by Crippen LogP contribution is -2.45. The maximum absolute atomic E-state index is 12.4. The van der Waals surface area contributed by atoms with Crippen LogP contribution >= 0.6 is 35.6 Å². The molecule has 1 aliphatic heterocycles. The Morgan fingerprint density at radius 3 is 2.62 bits per heavy atom. The van der Waals surface area contributed by atoms with Gasteiger partial charge >= 0.3 is 11.9 Å². The lowest BCUT2D eigenvalue weighted by atomic mass is 10.1. The number of thiocarbonyl (C=S) groups is 1. The van der Waals surface area contributed by atoms with Gasteiger partial charge in [-0.15, -0.1) is 0 Å². The summed E-state index contributed by atoms with van der Waals surface area (Å²) in [5, 5.41) is 28.1. The first-order valence-electron chi connectivity index (χ1n) is 6.41. The Morgan fingerprint density at radius 1 is 1.38 bits per heavy atom. The van der Waals surface area contributed by atoms with Crippen LogP contribution in [0.2, 0.25) is 5.02 Å². The van der Waals surface area contributed by atoms with Gasteiger partial charge in [0.1, 0.15) is 16.1 Å². The number of aromatic hydroxyl groups is 1. The molecule has 24 heavy (non-hydrogen) atoms. The smallest absolute Gasteiger partial charge is 0.327 e. The number of halogens is 1. The summed E-state index contributed by atoms with van der Waals surface area (Å²) in [7, 11) is 0. The molecular formula is C14H10ClNO6S2. The molecule has 1 aliphatic rings. The molecule has 1 fully saturated rings. The van der Waals surface area contributed by atoms with Crippen LogP contribution in [0.15, 0.2) is 23.1 Å². The first-order valence-corrected chi connectivity index (χ1v) is 8.01. The standard InChI is InChI=1S/C14H10ClNO6S2/c15-7-1-2-9(17)6(3-7)4-10-12(20)16(14(23)24-10)8(13(21)22)5-11(18)19/h1-4,8,17H,5H2,(H,18,19)(H,21,22)/b10-4-. The van der Waals surface area contributed by atoms with Crippen molar-refractivity contribution in [1.29, 1.82) is 0 Å². The predicted octanol–water partition coefficient (Wildman–Crippen LogP) is 2.17. The topological polar surface area (TPSA) is 115 Å². The van der Waals surface area contributed by atoms with E-state index in [-0.39, 0.29) is 20.5 Å². The van der Waals surface area contributed by atoms with Gasteiger partial charge in [0, 0.05) is 10.6 Å². The molecule has 1 atom stereocenters. The number of thioether (sulfide) groups is 1. The normalized spacial score (nSPS) is 17.4. The highest BCUT2D eigenvalue weighted by atomic mass is 35.5. The zero-order chi connectivity index (χ0) is 18.0. The SMILES string of the molecule is O=C(O)CC(C(=O)O)N1C(=O)/C(=C/c2cc(Cl)ccc2O)SC1=S. The maximum atomic E-state index is 12.4. The Hall–Kier alpha value is -2.10. The molecule has 0 bridgehead atoms. The summed E-state index contributed by atoms with van der Waals surface area (Å²) in [6, 6.07) is 2.63. The summed E-state index contributed by atoms with van der Waals surface area (Å²) in [6.07, 6.45) is 0.539. The second-order valence-corrected chi connectivity index (χ2v) is 6.82. The fraction of sp³-hybridized carbons (Fsp3) is 0.143. The third-order valence-corrected chi connectivity index (χ3v) is 4.63. The lowest BCUT2D eigenvalue weighted by molar-refractivity contribution is -0.150. The first-order chi connectivity index (χ1) is 11.2. The van der Waals surface area contributed by atoms with Crippen molar-refractivity contribution in [1.82, 2.24) is 4.90 Å². The molecule has 0 aliphatic carbocycles. The van der Waals surface area contributed by atoms with Crippen molar-refractivity contribution < 1.29 is 29.7 Å². The highest BCUT2D eigenvalue weighted by Gasteiger charge is 2.41. The predicted molar refractivity (Wildman–Crippen MR) is 91.8 cm³/mol. The molecule has 1 amide bonds. The number of carboxylic acids is 2. The van der Waals surface area contributed by atoms with Gasteiger partial charge in [0.2, 0.25) is 0 Å². The van der Waals surface area contributed by atoms with Crippen LogP contribution in [0.1, 0.15) is 12.0 Å². The van der Waals surface area contributed by atoms with Gasteiger partial charge < -0.3 is 15.3 Å². The number of hydrogen-bond acceptors (Lipinski definition) is 6. The summed E-state index contributed by atoms with van der Waals surface area (Å²) in [5.74, 6) is -3.70. The van der Waals surface area contributed by atoms with Crippen molar-refractivity contribution in [2.45, 2.75) is 12.5 Å². The van der Waals surface area contributed by atoms with E-state index in [0.29, 0.717) is 5.02 Å². The number of carbonyl (C=O) groups is 3. The number of amides is 1. The average molecular weight is 388 g/mol. The Morgan fingerprint density at radius 2 is 2.04 bits per heavy atom. The Balaban J connectivity index is 2.37. The van der Waals surface area contributed by atoms with Crippen molar-refractivity contribution >= 4 is 63.8 Å². The third kappa shape index (κ3) is 3.86. The number of nitrogens with zero attached hydrogens (tertiary/aromatic N) is 1. The first kappa shape index (κ1) is 18.2. The minimum atomic E-state index is -1.60. The summed E-state index contributed by atoms with van der Waals surface area (Å²) < 4.78 is -0.0681. The number of hydrogen-bond donors (Lipinski definition) is 3. The zero-order valence-electron chi connectivity index (χ0n) is 11.8. The number of carbonyl (C=O) groups excluding carboxylic acids is 1. The van der Waals surface area contributed by atoms with E-state index in [2.05, 4.69) is 0 Å². The molecule has 7 nitrogen and oxygen atoms in total. The number of phenols is 1. The summed E-state index contributed by atoms with van der Waals surface area (Å²) in [6.45, 7) is 0. The molecule has 126 valence electrons. The van der Waals surface area contributed by atoms with Crippen LogP contribution in [0.3, 0.4) is 0 Å². The second kappa shape index (κ2) is 7.20. The molecule has 1 saturated heterocycles. The van der Waals surface area contributed by atoms with E-state index in [1.165, 1.54) is 24.3 Å². The molecule has 3 N–H and O–H groups in total. The number of carboxylic acid groups (broad SMARTS) is 2. The molecule has 2 rings (SSSR count). The molecule has 1 aromatic rings. The van der Waals surface area contributed by atoms with Crippen molar-refractivity contribution in [3.8, 4) is 5.75 Å². The lowest BCUT2D eigenvalue weighted by Gasteiger charge is -2.21. The van der Waals surface area contributed by atoms with E-state index in [0.717, 1.165) is 16.7 Å². The molecule has 10 heteroatoms. The van der Waals surface area contributed by atoms with E-state index in [4.69, 9.17) is 28.9 Å². The quantitative estimate of drug-likeness (QED) is 0.520. The molecule has 1 heterocycles. The van der Waals surface area contributed by atoms with E-state index in [9.17, 15) is 24.6 Å². The molecule has 0 aromatic heterocycles. The third-order valence-electron chi connectivity index (χ3n) is 3.06. The fourth-order valence-electron chi connectivity index (χ4n) is 1.99. The Labute approximate surface area is 150 Å². The van der Waals surface area contributed by atoms with E-state index < -0.39 is 30.3 Å². The van der Waals surface area contributed by atoms with Gasteiger partial charge in [-0.2, -0.15) is 0 Å². The van der Waals surface area contributed by atoms with Gasteiger partial charge in [-0.25, -0.2) is 4.79 Å². The van der Waals surface area contributed by atoms with Crippen LogP contribution in [0.25, 0.3) is 6.08 Å². The summed E-state index contributed by atoms with van der Waals surface area (Å²) in [5.41, 5.74) is 0.258. The van der Waals surface area contributed by atoms with E-state index >= 15 is 0 Å². The Kier molecular flexibility index (Phi) is 5.47. The van der Waals surface area contributed by atoms with Crippen molar-refractivity contribution in [3.05, 3.63) is 33.7 Å². The maximum Gasteiger partial charge on any atom is 0.327 e. The van der Waals surface area contributed by atoms with Crippen molar-refractivity contribution in [2.75, 3.05) is 0 Å². The van der Waals surface area contributed by atoms with Gasteiger partial charge in [-0.3, -0.25) is 14.5 Å². The van der Waals surface area contributed by atoms with E-state index in [1.807, 2.05) is 0 Å². The summed E-state index contributed by atoms with van der Waals surface area (Å²) >= 11 is 11.7. The number of phenolic OH excluding ortho intramolecular Hbond substituents is 1. The van der Waals surface area contributed by atoms with Gasteiger partial charge in [0.05, 0.1) is 11.3 Å². The monoisotopic (exact) mass is 387 g/mol. The molecular weight excluding hydrogens is 378 g/mol. The number of benzene rings is 1. The zero-order valence-corrected chi connectivity index (χ0v) is 14.2. The van der Waals surface area contributed by atoms with Crippen LogP contribution in [0.4, 0.5) is 0 Å². The number of rotatable bonds is 5. The van der Waals surface area contributed by atoms with Crippen LogP contribution in [0, 0.1) is 0 Å². The van der Waals surface area contributed by atoms with E-state index in [1.54, 1.807) is 0 Å². The second-order valence-electron chi connectivity index (χ2n) is 4.71. The van der Waals surface area contributed by atoms with Gasteiger partial charge in [-0.1, -0.05) is 35.6 Å². The van der Waals surface area contributed by atoms with Crippen molar-refractivity contribution in [3.63, 3.8) is 0 Å². The van der Waals surface area contributed by atoms with Crippen molar-refractivity contribution in [2.24, 2.45) is 0 Å². The molecule has 0 spiro atoms. The van der Waals surface area contributed by atoms with Crippen LogP contribution in [-0.2, 0) is 14.4 Å². The Bertz CT molecular complexity index is 779. The van der Waals surface area contributed by atoms with Gasteiger partial charge in [0.25, 0.3) is 5.91 Å². The average Bonchev–Trinajstić information content (AvgIpc) is 2.74. The summed E-state index contributed by atoms with van der Waals surface area (Å²) in [4.78, 5) is 35.3. The largest absolute Gasteiger partial charge is 0.507 e. The highest BCUT2D eigenvalue weighted by molar-refractivity contribution is 8.26. The minimum absolute atomic E-state index is 0.0641. The van der Waals surface area contributed by atoms with Gasteiger partial charge in [0.15, 0.2) is 0 Å². The molecule has 0 radical (unpaired) electrons. The van der Waals surface area contributed by atoms with Crippen LogP contribution in [0.5, 0.6) is 5.75 Å². The van der Waals surface area contributed by atoms with Crippen LogP contribution < -0.4 is 0 Å². The molecule has 1 aromatic carbocycles. The highest BCUT2D eigenvalue weighted by Crippen LogP contribution is 2.36. The van der Waals surface area contributed by atoms with Gasteiger partial charge in [-0.05, 0) is 24.3 Å². The molecule has 1 unspecified atom stereocenters. The van der Waals surface area contributed by atoms with Crippen LogP contribution in [-0.4, -0.2) is 48.4 Å². The minimum Gasteiger partial charge on any atom is -0.507 e. The molecule has 0 saturated carbocycles.